The molecule has 3 unspecified atom stereocenters. The SMILES string of the molecule is Cc1cc(C(N)=S)ccc1CN1CC(C)CC(C)C1C. The lowest BCUT2D eigenvalue weighted by molar-refractivity contribution is 0.0728. The van der Waals surface area contributed by atoms with E-state index in [4.69, 9.17) is 18.0 Å². The maximum absolute atomic E-state index is 5.70. The molecular weight excluding hydrogens is 264 g/mol. The van der Waals surface area contributed by atoms with Crippen molar-refractivity contribution in [3.8, 4) is 0 Å². The molecule has 3 atom stereocenters. The number of nitrogens with two attached hydrogens (primary N) is 1. The van der Waals surface area contributed by atoms with Gasteiger partial charge in [0.1, 0.15) is 4.99 Å². The van der Waals surface area contributed by atoms with Gasteiger partial charge in [-0.1, -0.05) is 38.2 Å². The molecule has 0 aliphatic carbocycles. The first kappa shape index (κ1) is 15.5. The van der Waals surface area contributed by atoms with Crippen molar-refractivity contribution in [3.05, 3.63) is 34.9 Å². The molecule has 110 valence electrons. The highest BCUT2D eigenvalue weighted by atomic mass is 32.1. The van der Waals surface area contributed by atoms with Crippen molar-refractivity contribution in [1.29, 1.82) is 0 Å². The molecule has 0 saturated carbocycles. The largest absolute Gasteiger partial charge is 0.389 e. The average molecular weight is 290 g/mol. The fourth-order valence-corrected chi connectivity index (χ4v) is 3.41. The van der Waals surface area contributed by atoms with Crippen molar-refractivity contribution in [2.45, 2.75) is 46.7 Å². The Morgan fingerprint density at radius 1 is 1.35 bits per heavy atom. The Kier molecular flexibility index (Phi) is 4.82. The summed E-state index contributed by atoms with van der Waals surface area (Å²) in [6.07, 6.45) is 1.34. The number of rotatable bonds is 3. The molecule has 0 bridgehead atoms. The van der Waals surface area contributed by atoms with Crippen molar-refractivity contribution in [3.63, 3.8) is 0 Å². The van der Waals surface area contributed by atoms with Gasteiger partial charge in [-0.3, -0.25) is 4.90 Å². The predicted octanol–water partition coefficient (Wildman–Crippen LogP) is 3.50. The van der Waals surface area contributed by atoms with Crippen LogP contribution in [-0.4, -0.2) is 22.5 Å². The van der Waals surface area contributed by atoms with Crippen LogP contribution in [0, 0.1) is 18.8 Å². The molecule has 2 nitrogen and oxygen atoms in total. The normalized spacial score (nSPS) is 27.5. The number of nitrogens with zero attached hydrogens (tertiary/aromatic N) is 1. The number of piperidine rings is 1. The first-order valence-corrected chi connectivity index (χ1v) is 7.92. The third kappa shape index (κ3) is 3.39. The van der Waals surface area contributed by atoms with Gasteiger partial charge < -0.3 is 5.73 Å². The van der Waals surface area contributed by atoms with Crippen molar-refractivity contribution in [2.24, 2.45) is 17.6 Å². The third-order valence-electron chi connectivity index (χ3n) is 4.72. The summed E-state index contributed by atoms with van der Waals surface area (Å²) >= 11 is 5.04. The van der Waals surface area contributed by atoms with Crippen LogP contribution in [0.25, 0.3) is 0 Å². The van der Waals surface area contributed by atoms with Crippen LogP contribution < -0.4 is 5.73 Å². The molecular formula is C17H26N2S. The van der Waals surface area contributed by atoms with Crippen molar-refractivity contribution < 1.29 is 0 Å². The molecule has 0 aromatic heterocycles. The fourth-order valence-electron chi connectivity index (χ4n) is 3.29. The van der Waals surface area contributed by atoms with Gasteiger partial charge in [0.05, 0.1) is 0 Å². The van der Waals surface area contributed by atoms with Gasteiger partial charge in [0, 0.05) is 24.7 Å². The van der Waals surface area contributed by atoms with Gasteiger partial charge in [0.15, 0.2) is 0 Å². The van der Waals surface area contributed by atoms with Crippen molar-refractivity contribution in [1.82, 2.24) is 4.90 Å². The van der Waals surface area contributed by atoms with Gasteiger partial charge in [0.25, 0.3) is 0 Å². The second kappa shape index (κ2) is 6.23. The summed E-state index contributed by atoms with van der Waals surface area (Å²) in [5.74, 6) is 1.56. The van der Waals surface area contributed by atoms with E-state index in [1.807, 2.05) is 6.07 Å². The molecule has 1 aliphatic rings. The fraction of sp³-hybridized carbons (Fsp3) is 0.588. The zero-order chi connectivity index (χ0) is 14.9. The third-order valence-corrected chi connectivity index (χ3v) is 4.96. The molecule has 0 spiro atoms. The topological polar surface area (TPSA) is 29.3 Å². The Bertz CT molecular complexity index is 498. The van der Waals surface area contributed by atoms with Crippen molar-refractivity contribution in [2.75, 3.05) is 6.54 Å². The van der Waals surface area contributed by atoms with E-state index in [1.165, 1.54) is 24.1 Å². The summed E-state index contributed by atoms with van der Waals surface area (Å²) in [5.41, 5.74) is 9.34. The van der Waals surface area contributed by atoms with Crippen molar-refractivity contribution >= 4 is 17.2 Å². The van der Waals surface area contributed by atoms with Crippen LogP contribution in [0.5, 0.6) is 0 Å². The molecule has 2 rings (SSSR count). The van der Waals surface area contributed by atoms with Crippen LogP contribution in [0.1, 0.15) is 43.9 Å². The molecule has 2 N–H and O–H groups in total. The standard InChI is InChI=1S/C17H26N2S/c1-11-7-12(2)14(4)19(9-11)10-16-6-5-15(17(18)20)8-13(16)3/h5-6,8,11-12,14H,7,9-10H2,1-4H3,(H2,18,20). The maximum atomic E-state index is 5.70. The first-order chi connectivity index (χ1) is 9.38. The highest BCUT2D eigenvalue weighted by molar-refractivity contribution is 7.80. The Morgan fingerprint density at radius 3 is 2.65 bits per heavy atom. The van der Waals surface area contributed by atoms with E-state index in [1.54, 1.807) is 0 Å². The lowest BCUT2D eigenvalue weighted by Crippen LogP contribution is -2.45. The summed E-state index contributed by atoms with van der Waals surface area (Å²) in [7, 11) is 0. The minimum atomic E-state index is 0.480. The van der Waals surface area contributed by atoms with Gasteiger partial charge in [0.2, 0.25) is 0 Å². The van der Waals surface area contributed by atoms with E-state index in [-0.39, 0.29) is 0 Å². The summed E-state index contributed by atoms with van der Waals surface area (Å²) in [4.78, 5) is 3.09. The van der Waals surface area contributed by atoms with E-state index >= 15 is 0 Å². The van der Waals surface area contributed by atoms with Crippen LogP contribution in [-0.2, 0) is 6.54 Å². The van der Waals surface area contributed by atoms with Crippen LogP contribution in [0.2, 0.25) is 0 Å². The molecule has 20 heavy (non-hydrogen) atoms. The molecule has 1 heterocycles. The highest BCUT2D eigenvalue weighted by Crippen LogP contribution is 2.28. The van der Waals surface area contributed by atoms with Gasteiger partial charge in [-0.15, -0.1) is 0 Å². The van der Waals surface area contributed by atoms with Crippen LogP contribution >= 0.6 is 12.2 Å². The summed E-state index contributed by atoms with van der Waals surface area (Å²) < 4.78 is 0. The molecule has 1 saturated heterocycles. The number of hydrogen-bond donors (Lipinski definition) is 1. The Labute approximate surface area is 128 Å². The van der Waals surface area contributed by atoms with Crippen LogP contribution in [0.3, 0.4) is 0 Å². The highest BCUT2D eigenvalue weighted by Gasteiger charge is 2.28. The Morgan fingerprint density at radius 2 is 2.05 bits per heavy atom. The number of likely N-dealkylation sites (tertiary alicyclic amines) is 1. The van der Waals surface area contributed by atoms with E-state index in [9.17, 15) is 0 Å². The number of benzene rings is 1. The van der Waals surface area contributed by atoms with Gasteiger partial charge in [-0.25, -0.2) is 0 Å². The molecule has 0 amide bonds. The molecule has 1 aromatic rings. The zero-order valence-electron chi connectivity index (χ0n) is 13.0. The Hall–Kier alpha value is -0.930. The second-order valence-corrected chi connectivity index (χ2v) is 6.93. The first-order valence-electron chi connectivity index (χ1n) is 7.52. The molecule has 1 aromatic carbocycles. The number of hydrogen-bond acceptors (Lipinski definition) is 2. The minimum Gasteiger partial charge on any atom is -0.389 e. The van der Waals surface area contributed by atoms with Crippen LogP contribution in [0.15, 0.2) is 18.2 Å². The molecule has 1 fully saturated rings. The monoisotopic (exact) mass is 290 g/mol. The molecule has 1 aliphatic heterocycles. The van der Waals surface area contributed by atoms with Gasteiger partial charge in [-0.05, 0) is 49.3 Å². The second-order valence-electron chi connectivity index (χ2n) is 6.49. The smallest absolute Gasteiger partial charge is 0.103 e. The van der Waals surface area contributed by atoms with E-state index in [2.05, 4.69) is 44.7 Å². The number of aryl methyl sites for hydroxylation is 1. The minimum absolute atomic E-state index is 0.480. The summed E-state index contributed by atoms with van der Waals surface area (Å²) in [5, 5.41) is 0. The Balaban J connectivity index is 2.15. The zero-order valence-corrected chi connectivity index (χ0v) is 13.8. The van der Waals surface area contributed by atoms with E-state index in [0.717, 1.165) is 23.9 Å². The lowest BCUT2D eigenvalue weighted by atomic mass is 9.85. The number of thiocarbonyl (C=S) groups is 1. The van der Waals surface area contributed by atoms with Crippen LogP contribution in [0.4, 0.5) is 0 Å². The molecule has 3 heteroatoms. The average Bonchev–Trinajstić information content (AvgIpc) is 2.37. The molecule has 0 radical (unpaired) electrons. The van der Waals surface area contributed by atoms with E-state index in [0.29, 0.717) is 11.0 Å². The van der Waals surface area contributed by atoms with Gasteiger partial charge in [-0.2, -0.15) is 0 Å². The van der Waals surface area contributed by atoms with Gasteiger partial charge >= 0.3 is 0 Å². The lowest BCUT2D eigenvalue weighted by Gasteiger charge is -2.41. The van der Waals surface area contributed by atoms with E-state index < -0.39 is 0 Å². The quantitative estimate of drug-likeness (QED) is 0.864. The summed E-state index contributed by atoms with van der Waals surface area (Å²) in [6.45, 7) is 11.5. The summed E-state index contributed by atoms with van der Waals surface area (Å²) in [6, 6.07) is 6.99. The predicted molar refractivity (Wildman–Crippen MR) is 89.9 cm³/mol. The maximum Gasteiger partial charge on any atom is 0.103 e.